The van der Waals surface area contributed by atoms with E-state index in [0.29, 0.717) is 5.39 Å². The molecule has 0 unspecified atom stereocenters. The molecule has 0 saturated heterocycles. The van der Waals surface area contributed by atoms with Gasteiger partial charge < -0.3 is 10.6 Å². The van der Waals surface area contributed by atoms with Gasteiger partial charge in [-0.3, -0.25) is 4.79 Å². The van der Waals surface area contributed by atoms with Crippen LogP contribution in [-0.2, 0) is 0 Å². The highest BCUT2D eigenvalue weighted by molar-refractivity contribution is 5.94. The van der Waals surface area contributed by atoms with Gasteiger partial charge in [-0.2, -0.15) is 5.10 Å². The molecule has 3 rings (SSSR count). The number of benzene rings is 2. The monoisotopic (exact) mass is 426 g/mol. The number of nitrogens with one attached hydrogen (secondary N) is 3. The predicted molar refractivity (Wildman–Crippen MR) is 130 cm³/mol. The van der Waals surface area contributed by atoms with E-state index in [1.807, 2.05) is 36.4 Å². The molecule has 0 fully saturated rings. The summed E-state index contributed by atoms with van der Waals surface area (Å²) in [5.74, 6) is 0. The van der Waals surface area contributed by atoms with Crippen molar-refractivity contribution in [2.45, 2.75) is 33.1 Å². The number of unbranched alkanes of at least 4 members (excludes halogenated alkanes) is 2. The number of fused-ring (bicyclic) bond motifs is 1. The molecular formula is C24H31ClN4O. The maximum absolute atomic E-state index is 12.0. The number of aromatic nitrogens is 2. The minimum Gasteiger partial charge on any atom is -0.385 e. The van der Waals surface area contributed by atoms with E-state index in [1.165, 1.54) is 18.4 Å². The van der Waals surface area contributed by atoms with Gasteiger partial charge in [-0.15, -0.1) is 12.4 Å². The van der Waals surface area contributed by atoms with Crippen molar-refractivity contribution in [3.05, 3.63) is 70.5 Å². The van der Waals surface area contributed by atoms with E-state index in [1.54, 1.807) is 0 Å². The van der Waals surface area contributed by atoms with E-state index >= 15 is 0 Å². The molecular weight excluding hydrogens is 396 g/mol. The lowest BCUT2D eigenvalue weighted by molar-refractivity contribution is 0.637. The van der Waals surface area contributed by atoms with Crippen LogP contribution in [0.3, 0.4) is 0 Å². The molecule has 1 heterocycles. The van der Waals surface area contributed by atoms with Crippen LogP contribution in [-0.4, -0.2) is 29.8 Å². The molecule has 1 aromatic heterocycles. The van der Waals surface area contributed by atoms with Gasteiger partial charge in [-0.05, 0) is 51.4 Å². The summed E-state index contributed by atoms with van der Waals surface area (Å²) in [6, 6.07) is 15.8. The summed E-state index contributed by atoms with van der Waals surface area (Å²) in [4.78, 5) is 12.0. The van der Waals surface area contributed by atoms with Crippen LogP contribution in [0.2, 0.25) is 0 Å². The van der Waals surface area contributed by atoms with Crippen LogP contribution in [0.4, 0.5) is 5.69 Å². The van der Waals surface area contributed by atoms with E-state index < -0.39 is 0 Å². The van der Waals surface area contributed by atoms with Crippen molar-refractivity contribution in [1.82, 2.24) is 15.5 Å². The highest BCUT2D eigenvalue weighted by atomic mass is 35.5. The van der Waals surface area contributed by atoms with Gasteiger partial charge in [0.15, 0.2) is 0 Å². The fourth-order valence-electron chi connectivity index (χ4n) is 3.27. The fourth-order valence-corrected chi connectivity index (χ4v) is 3.27. The number of nitrogens with zero attached hydrogens (tertiary/aromatic N) is 1. The van der Waals surface area contributed by atoms with E-state index in [0.717, 1.165) is 48.4 Å². The van der Waals surface area contributed by atoms with Crippen molar-refractivity contribution in [3.63, 3.8) is 0 Å². The molecule has 0 aliphatic heterocycles. The number of anilines is 1. The molecule has 0 saturated carbocycles. The highest BCUT2D eigenvalue weighted by Gasteiger charge is 2.08. The summed E-state index contributed by atoms with van der Waals surface area (Å²) in [5, 5.41) is 15.4. The Labute approximate surface area is 184 Å². The first kappa shape index (κ1) is 23.6. The van der Waals surface area contributed by atoms with Crippen molar-refractivity contribution >= 4 is 28.9 Å². The summed E-state index contributed by atoms with van der Waals surface area (Å²) in [7, 11) is 0. The molecule has 30 heavy (non-hydrogen) atoms. The molecule has 0 radical (unpaired) electrons. The first-order valence-corrected chi connectivity index (χ1v) is 10.3. The Balaban J connectivity index is 0.00000320. The Morgan fingerprint density at radius 1 is 1.00 bits per heavy atom. The van der Waals surface area contributed by atoms with Crippen LogP contribution in [0.25, 0.3) is 22.0 Å². The standard InChI is InChI=1S/C24H30N4O.ClH/c1-18(2)13-16-25-14-6-3-7-15-26-20-10-8-9-19(17-20)23-21-11-4-5-12-22(21)24(29)28-27-23;/h4-5,8-13,17,25-26H,3,6-7,14-16H2,1-2H3,(H,28,29);1H. The number of rotatable bonds is 10. The number of aromatic amines is 1. The second kappa shape index (κ2) is 12.2. The van der Waals surface area contributed by atoms with Crippen LogP contribution in [0, 0.1) is 0 Å². The molecule has 6 heteroatoms. The maximum Gasteiger partial charge on any atom is 0.272 e. The lowest BCUT2D eigenvalue weighted by Gasteiger charge is -2.10. The summed E-state index contributed by atoms with van der Waals surface area (Å²) >= 11 is 0. The third-order valence-corrected chi connectivity index (χ3v) is 4.85. The summed E-state index contributed by atoms with van der Waals surface area (Å²) < 4.78 is 0. The molecule has 3 N–H and O–H groups in total. The van der Waals surface area contributed by atoms with Gasteiger partial charge >= 0.3 is 0 Å². The van der Waals surface area contributed by atoms with E-state index in [2.05, 4.69) is 52.9 Å². The number of halogens is 1. The lowest BCUT2D eigenvalue weighted by Crippen LogP contribution is -2.15. The maximum atomic E-state index is 12.0. The SMILES string of the molecule is CC(C)=CCNCCCCCNc1cccc(-c2n[nH]c(=O)c3ccccc23)c1.Cl. The Morgan fingerprint density at radius 2 is 1.77 bits per heavy atom. The Kier molecular flexibility index (Phi) is 9.58. The van der Waals surface area contributed by atoms with Crippen LogP contribution in [0.1, 0.15) is 33.1 Å². The summed E-state index contributed by atoms with van der Waals surface area (Å²) in [5.41, 5.74) is 4.06. The quantitative estimate of drug-likeness (QED) is 0.309. The topological polar surface area (TPSA) is 69.8 Å². The van der Waals surface area contributed by atoms with Crippen molar-refractivity contribution in [3.8, 4) is 11.3 Å². The average molecular weight is 427 g/mol. The number of allylic oxidation sites excluding steroid dienone is 1. The van der Waals surface area contributed by atoms with Crippen molar-refractivity contribution in [1.29, 1.82) is 0 Å². The van der Waals surface area contributed by atoms with Crippen LogP contribution in [0.15, 0.2) is 65.0 Å². The van der Waals surface area contributed by atoms with Gasteiger partial charge in [-0.1, -0.05) is 48.4 Å². The number of hydrogen-bond donors (Lipinski definition) is 3. The van der Waals surface area contributed by atoms with Gasteiger partial charge in [0, 0.05) is 29.7 Å². The van der Waals surface area contributed by atoms with Gasteiger partial charge in [0.05, 0.1) is 11.1 Å². The summed E-state index contributed by atoms with van der Waals surface area (Å²) in [6.45, 7) is 7.21. The Bertz CT molecular complexity index is 1020. The zero-order valence-electron chi connectivity index (χ0n) is 17.7. The van der Waals surface area contributed by atoms with Crippen molar-refractivity contribution in [2.75, 3.05) is 25.0 Å². The normalized spacial score (nSPS) is 10.5. The average Bonchev–Trinajstić information content (AvgIpc) is 2.73. The zero-order valence-corrected chi connectivity index (χ0v) is 18.5. The molecule has 0 atom stereocenters. The van der Waals surface area contributed by atoms with Gasteiger partial charge in [0.2, 0.25) is 0 Å². The second-order valence-corrected chi connectivity index (χ2v) is 7.50. The molecule has 160 valence electrons. The first-order chi connectivity index (χ1) is 14.1. The molecule has 0 bridgehead atoms. The third-order valence-electron chi connectivity index (χ3n) is 4.85. The predicted octanol–water partition coefficient (Wildman–Crippen LogP) is 5.15. The minimum atomic E-state index is -0.158. The van der Waals surface area contributed by atoms with E-state index in [4.69, 9.17) is 0 Å². The number of hydrogen-bond acceptors (Lipinski definition) is 4. The fraction of sp³-hybridized carbons (Fsp3) is 0.333. The van der Waals surface area contributed by atoms with Crippen LogP contribution >= 0.6 is 12.4 Å². The van der Waals surface area contributed by atoms with Gasteiger partial charge in [-0.25, -0.2) is 5.10 Å². The Hall–Kier alpha value is -2.63. The molecule has 0 amide bonds. The van der Waals surface area contributed by atoms with E-state index in [9.17, 15) is 4.79 Å². The molecule has 3 aromatic rings. The van der Waals surface area contributed by atoms with Gasteiger partial charge in [0.1, 0.15) is 0 Å². The van der Waals surface area contributed by atoms with Gasteiger partial charge in [0.25, 0.3) is 5.56 Å². The van der Waals surface area contributed by atoms with Crippen LogP contribution in [0.5, 0.6) is 0 Å². The first-order valence-electron chi connectivity index (χ1n) is 10.3. The number of H-pyrrole nitrogens is 1. The summed E-state index contributed by atoms with van der Waals surface area (Å²) in [6.07, 6.45) is 5.73. The van der Waals surface area contributed by atoms with Crippen LogP contribution < -0.4 is 16.2 Å². The third kappa shape index (κ3) is 6.71. The van der Waals surface area contributed by atoms with Crippen molar-refractivity contribution < 1.29 is 0 Å². The molecule has 5 nitrogen and oxygen atoms in total. The van der Waals surface area contributed by atoms with E-state index in [-0.39, 0.29) is 18.0 Å². The molecule has 0 aliphatic carbocycles. The highest BCUT2D eigenvalue weighted by Crippen LogP contribution is 2.26. The zero-order chi connectivity index (χ0) is 20.5. The molecule has 2 aromatic carbocycles. The molecule has 0 aliphatic rings. The minimum absolute atomic E-state index is 0. The van der Waals surface area contributed by atoms with Crippen molar-refractivity contribution in [2.24, 2.45) is 0 Å². The molecule has 0 spiro atoms. The second-order valence-electron chi connectivity index (χ2n) is 7.50. The smallest absolute Gasteiger partial charge is 0.272 e. The largest absolute Gasteiger partial charge is 0.385 e. The Morgan fingerprint density at radius 3 is 2.57 bits per heavy atom. The lowest BCUT2D eigenvalue weighted by atomic mass is 10.0.